The maximum atomic E-state index is 12.4. The van der Waals surface area contributed by atoms with E-state index in [1.165, 1.54) is 4.31 Å². The maximum absolute atomic E-state index is 12.4. The predicted octanol–water partition coefficient (Wildman–Crippen LogP) is 1.45. The minimum atomic E-state index is -3.28. The van der Waals surface area contributed by atoms with Gasteiger partial charge in [0.25, 0.3) is 0 Å². The molecule has 1 aliphatic heterocycles. The van der Waals surface area contributed by atoms with Gasteiger partial charge in [-0.25, -0.2) is 12.7 Å². The first-order chi connectivity index (χ1) is 8.51. The van der Waals surface area contributed by atoms with Crippen molar-refractivity contribution in [2.24, 2.45) is 5.92 Å². The molecule has 2 rings (SSSR count). The third kappa shape index (κ3) is 2.85. The first kappa shape index (κ1) is 13.8. The van der Waals surface area contributed by atoms with Crippen molar-refractivity contribution in [3.63, 3.8) is 0 Å². The number of hydrogen-bond acceptors (Lipinski definition) is 3. The average molecular weight is 275 g/mol. The minimum absolute atomic E-state index is 0.161. The van der Waals surface area contributed by atoms with Gasteiger partial charge in [-0.1, -0.05) is 19.3 Å². The topological polar surface area (TPSA) is 74.7 Å². The zero-order valence-electron chi connectivity index (χ0n) is 10.5. The number of piperidine rings is 1. The summed E-state index contributed by atoms with van der Waals surface area (Å²) in [5.74, 6) is -1.41. The number of hydrogen-bond donors (Lipinski definition) is 1. The highest BCUT2D eigenvalue weighted by atomic mass is 32.2. The number of carboxylic acid groups (broad SMARTS) is 1. The molecule has 18 heavy (non-hydrogen) atoms. The normalized spacial score (nSPS) is 28.1. The molecule has 0 amide bonds. The van der Waals surface area contributed by atoms with Gasteiger partial charge >= 0.3 is 5.97 Å². The van der Waals surface area contributed by atoms with Gasteiger partial charge in [0.2, 0.25) is 10.0 Å². The number of carbonyl (C=O) groups is 1. The Kier molecular flexibility index (Phi) is 4.27. The van der Waals surface area contributed by atoms with Crippen molar-refractivity contribution in [3.05, 3.63) is 0 Å². The van der Waals surface area contributed by atoms with Crippen LogP contribution in [0.15, 0.2) is 0 Å². The number of carboxylic acids is 1. The lowest BCUT2D eigenvalue weighted by Gasteiger charge is -2.34. The number of sulfonamides is 1. The quantitative estimate of drug-likeness (QED) is 0.846. The number of nitrogens with zero attached hydrogens (tertiary/aromatic N) is 1. The Bertz CT molecular complexity index is 400. The summed E-state index contributed by atoms with van der Waals surface area (Å²) in [7, 11) is -3.28. The van der Waals surface area contributed by atoms with E-state index in [-0.39, 0.29) is 11.8 Å². The summed E-state index contributed by atoms with van der Waals surface area (Å²) in [5.41, 5.74) is 0. The van der Waals surface area contributed by atoms with Gasteiger partial charge in [-0.05, 0) is 25.7 Å². The molecule has 0 aromatic carbocycles. The van der Waals surface area contributed by atoms with E-state index in [4.69, 9.17) is 5.11 Å². The molecular formula is C12H21NO4S. The first-order valence-corrected chi connectivity index (χ1v) is 8.24. The highest BCUT2D eigenvalue weighted by Crippen LogP contribution is 2.29. The molecule has 1 saturated carbocycles. The second-order valence-electron chi connectivity index (χ2n) is 5.34. The van der Waals surface area contributed by atoms with E-state index in [0.29, 0.717) is 19.4 Å². The predicted molar refractivity (Wildman–Crippen MR) is 67.7 cm³/mol. The number of aliphatic carboxylic acids is 1. The molecule has 0 radical (unpaired) electrons. The standard InChI is InChI=1S/C12H21NO4S/c14-12(15)10-5-4-8-13(9-10)18(16,17)11-6-2-1-3-7-11/h10-11H,1-9H2,(H,14,15). The molecule has 0 spiro atoms. The van der Waals surface area contributed by atoms with Gasteiger partial charge in [-0.15, -0.1) is 0 Å². The Hall–Kier alpha value is -0.620. The molecule has 0 bridgehead atoms. The van der Waals surface area contributed by atoms with Crippen LogP contribution in [0.25, 0.3) is 0 Å². The third-order valence-corrected chi connectivity index (χ3v) is 6.43. The summed E-state index contributed by atoms with van der Waals surface area (Å²) in [5, 5.41) is 8.73. The van der Waals surface area contributed by atoms with Crippen LogP contribution in [0.4, 0.5) is 0 Å². The Labute approximate surface area is 108 Å². The van der Waals surface area contributed by atoms with Gasteiger partial charge in [-0.2, -0.15) is 0 Å². The Morgan fingerprint density at radius 2 is 1.72 bits per heavy atom. The molecule has 5 nitrogen and oxygen atoms in total. The lowest BCUT2D eigenvalue weighted by atomic mass is 10.0. The Morgan fingerprint density at radius 1 is 1.06 bits per heavy atom. The van der Waals surface area contributed by atoms with E-state index < -0.39 is 21.9 Å². The fourth-order valence-electron chi connectivity index (χ4n) is 2.95. The van der Waals surface area contributed by atoms with Gasteiger partial charge in [-0.3, -0.25) is 4.79 Å². The second kappa shape index (κ2) is 5.57. The summed E-state index contributed by atoms with van der Waals surface area (Å²) < 4.78 is 26.3. The van der Waals surface area contributed by atoms with Crippen LogP contribution >= 0.6 is 0 Å². The van der Waals surface area contributed by atoms with Crippen molar-refractivity contribution >= 4 is 16.0 Å². The summed E-state index contributed by atoms with van der Waals surface area (Å²) in [4.78, 5) is 11.0. The summed E-state index contributed by atoms with van der Waals surface area (Å²) in [6, 6.07) is 0. The van der Waals surface area contributed by atoms with Crippen LogP contribution in [-0.4, -0.2) is 42.1 Å². The molecule has 1 heterocycles. The summed E-state index contributed by atoms with van der Waals surface area (Å²) >= 11 is 0. The van der Waals surface area contributed by atoms with Crippen LogP contribution in [0.5, 0.6) is 0 Å². The monoisotopic (exact) mass is 275 g/mol. The molecular weight excluding hydrogens is 254 g/mol. The Morgan fingerprint density at radius 3 is 2.33 bits per heavy atom. The summed E-state index contributed by atoms with van der Waals surface area (Å²) in [6.07, 6.45) is 5.77. The van der Waals surface area contributed by atoms with E-state index in [1.807, 2.05) is 0 Å². The van der Waals surface area contributed by atoms with Crippen LogP contribution in [0.3, 0.4) is 0 Å². The summed E-state index contributed by atoms with van der Waals surface area (Å²) in [6.45, 7) is 0.650. The van der Waals surface area contributed by atoms with E-state index in [9.17, 15) is 13.2 Å². The van der Waals surface area contributed by atoms with Crippen LogP contribution in [0.1, 0.15) is 44.9 Å². The molecule has 2 fully saturated rings. The van der Waals surface area contributed by atoms with Gasteiger partial charge < -0.3 is 5.11 Å². The highest BCUT2D eigenvalue weighted by molar-refractivity contribution is 7.89. The molecule has 2 aliphatic rings. The van der Waals surface area contributed by atoms with E-state index in [2.05, 4.69) is 0 Å². The first-order valence-electron chi connectivity index (χ1n) is 6.73. The van der Waals surface area contributed by atoms with Crippen LogP contribution in [-0.2, 0) is 14.8 Å². The lowest BCUT2D eigenvalue weighted by Crippen LogP contribution is -2.46. The van der Waals surface area contributed by atoms with Crippen LogP contribution < -0.4 is 0 Å². The lowest BCUT2D eigenvalue weighted by molar-refractivity contribution is -0.142. The van der Waals surface area contributed by atoms with E-state index in [1.54, 1.807) is 0 Å². The molecule has 0 aromatic rings. The Balaban J connectivity index is 2.06. The fraction of sp³-hybridized carbons (Fsp3) is 0.917. The second-order valence-corrected chi connectivity index (χ2v) is 7.55. The zero-order valence-corrected chi connectivity index (χ0v) is 11.4. The van der Waals surface area contributed by atoms with Crippen molar-refractivity contribution in [1.82, 2.24) is 4.31 Å². The molecule has 1 atom stereocenters. The SMILES string of the molecule is O=C(O)C1CCCN(S(=O)(=O)C2CCCCC2)C1. The molecule has 1 unspecified atom stereocenters. The van der Waals surface area contributed by atoms with E-state index >= 15 is 0 Å². The number of rotatable bonds is 3. The van der Waals surface area contributed by atoms with Gasteiger partial charge in [0.1, 0.15) is 0 Å². The molecule has 104 valence electrons. The van der Waals surface area contributed by atoms with Crippen LogP contribution in [0, 0.1) is 5.92 Å². The van der Waals surface area contributed by atoms with Crippen molar-refractivity contribution in [3.8, 4) is 0 Å². The van der Waals surface area contributed by atoms with E-state index in [0.717, 1.165) is 32.1 Å². The third-order valence-electron chi connectivity index (χ3n) is 4.07. The zero-order chi connectivity index (χ0) is 13.2. The molecule has 1 saturated heterocycles. The van der Waals surface area contributed by atoms with Gasteiger partial charge in [0.05, 0.1) is 11.2 Å². The largest absolute Gasteiger partial charge is 0.481 e. The fourth-order valence-corrected chi connectivity index (χ4v) is 5.07. The molecule has 6 heteroatoms. The average Bonchev–Trinajstić information content (AvgIpc) is 2.40. The maximum Gasteiger partial charge on any atom is 0.307 e. The molecule has 1 aliphatic carbocycles. The molecule has 0 aromatic heterocycles. The van der Waals surface area contributed by atoms with Gasteiger partial charge in [0.15, 0.2) is 0 Å². The van der Waals surface area contributed by atoms with Crippen molar-refractivity contribution < 1.29 is 18.3 Å². The van der Waals surface area contributed by atoms with Crippen molar-refractivity contribution in [2.75, 3.05) is 13.1 Å². The van der Waals surface area contributed by atoms with Gasteiger partial charge in [0, 0.05) is 13.1 Å². The molecule has 1 N–H and O–H groups in total. The minimum Gasteiger partial charge on any atom is -0.481 e. The van der Waals surface area contributed by atoms with Crippen molar-refractivity contribution in [2.45, 2.75) is 50.2 Å². The van der Waals surface area contributed by atoms with Crippen LogP contribution in [0.2, 0.25) is 0 Å². The highest BCUT2D eigenvalue weighted by Gasteiger charge is 2.37. The van der Waals surface area contributed by atoms with Crippen molar-refractivity contribution in [1.29, 1.82) is 0 Å². The smallest absolute Gasteiger partial charge is 0.307 e.